The Morgan fingerprint density at radius 1 is 1.08 bits per heavy atom. The molecular formula is C20H25ClN2O. The Labute approximate surface area is 150 Å². The molecule has 1 fully saturated rings. The Morgan fingerprint density at radius 3 is 2.21 bits per heavy atom. The molecule has 1 heterocycles. The zero-order valence-corrected chi connectivity index (χ0v) is 15.0. The van der Waals surface area contributed by atoms with Gasteiger partial charge in [-0.25, -0.2) is 0 Å². The molecule has 0 saturated carbocycles. The van der Waals surface area contributed by atoms with Crippen LogP contribution in [-0.4, -0.2) is 23.4 Å². The second-order valence-electron chi connectivity index (χ2n) is 6.61. The topological polar surface area (TPSA) is 46.3 Å². The molecule has 1 amide bonds. The van der Waals surface area contributed by atoms with Gasteiger partial charge in [0.25, 0.3) is 0 Å². The molecule has 0 aliphatic carbocycles. The summed E-state index contributed by atoms with van der Waals surface area (Å²) in [6.45, 7) is 4.70. The predicted octanol–water partition coefficient (Wildman–Crippen LogP) is 3.69. The summed E-state index contributed by atoms with van der Waals surface area (Å²) < 4.78 is 0. The van der Waals surface area contributed by atoms with Crippen molar-refractivity contribution in [3.8, 4) is 0 Å². The lowest BCUT2D eigenvalue weighted by molar-refractivity contribution is -0.137. The maximum atomic E-state index is 13.1. The Balaban J connectivity index is 0.00000208. The normalized spacial score (nSPS) is 22.5. The minimum Gasteiger partial charge on any atom is -0.337 e. The number of likely N-dealkylation sites (tertiary alicyclic amines) is 1. The van der Waals surface area contributed by atoms with Crippen LogP contribution in [0.15, 0.2) is 60.7 Å². The van der Waals surface area contributed by atoms with E-state index in [0.717, 1.165) is 18.5 Å². The van der Waals surface area contributed by atoms with Crippen molar-refractivity contribution in [2.24, 2.45) is 5.73 Å². The van der Waals surface area contributed by atoms with Crippen molar-refractivity contribution in [2.45, 2.75) is 37.8 Å². The summed E-state index contributed by atoms with van der Waals surface area (Å²) in [5.74, 6) is 0.390. The van der Waals surface area contributed by atoms with Gasteiger partial charge in [-0.15, -0.1) is 12.4 Å². The average Bonchev–Trinajstić information content (AvgIpc) is 2.97. The van der Waals surface area contributed by atoms with Gasteiger partial charge < -0.3 is 10.6 Å². The highest BCUT2D eigenvalue weighted by molar-refractivity contribution is 5.87. The van der Waals surface area contributed by atoms with Crippen LogP contribution < -0.4 is 5.73 Å². The van der Waals surface area contributed by atoms with Crippen LogP contribution >= 0.6 is 12.4 Å². The maximum absolute atomic E-state index is 13.1. The third kappa shape index (κ3) is 3.33. The zero-order chi connectivity index (χ0) is 16.4. The monoisotopic (exact) mass is 344 g/mol. The highest BCUT2D eigenvalue weighted by atomic mass is 35.5. The molecule has 0 bridgehead atoms. The van der Waals surface area contributed by atoms with Gasteiger partial charge >= 0.3 is 0 Å². The molecule has 3 unspecified atom stereocenters. The summed E-state index contributed by atoms with van der Waals surface area (Å²) in [5.41, 5.74) is 7.59. The van der Waals surface area contributed by atoms with Crippen molar-refractivity contribution >= 4 is 18.3 Å². The van der Waals surface area contributed by atoms with Gasteiger partial charge in [0.2, 0.25) is 5.91 Å². The number of carbonyl (C=O) groups excluding carboxylic acids is 1. The fourth-order valence-electron chi connectivity index (χ4n) is 3.58. The molecule has 4 heteroatoms. The molecule has 3 atom stereocenters. The summed E-state index contributed by atoms with van der Waals surface area (Å²) >= 11 is 0. The molecule has 0 spiro atoms. The molecule has 1 aliphatic rings. The van der Waals surface area contributed by atoms with Crippen LogP contribution in [0.4, 0.5) is 0 Å². The van der Waals surface area contributed by atoms with Gasteiger partial charge in [0.1, 0.15) is 5.54 Å². The predicted molar refractivity (Wildman–Crippen MR) is 100 cm³/mol. The highest BCUT2D eigenvalue weighted by Gasteiger charge is 2.41. The molecule has 0 aromatic heterocycles. The zero-order valence-electron chi connectivity index (χ0n) is 14.2. The van der Waals surface area contributed by atoms with Crippen LogP contribution in [0.3, 0.4) is 0 Å². The number of nitrogens with two attached hydrogens (primary N) is 1. The van der Waals surface area contributed by atoms with E-state index in [-0.39, 0.29) is 24.4 Å². The molecule has 2 N–H and O–H groups in total. The summed E-state index contributed by atoms with van der Waals surface area (Å²) in [6.07, 6.45) is 0.988. The van der Waals surface area contributed by atoms with E-state index in [4.69, 9.17) is 5.73 Å². The van der Waals surface area contributed by atoms with Crippen molar-refractivity contribution in [2.75, 3.05) is 6.54 Å². The van der Waals surface area contributed by atoms with E-state index >= 15 is 0 Å². The van der Waals surface area contributed by atoms with E-state index in [0.29, 0.717) is 5.92 Å². The number of rotatable bonds is 3. The van der Waals surface area contributed by atoms with Crippen molar-refractivity contribution in [1.82, 2.24) is 4.90 Å². The van der Waals surface area contributed by atoms with Crippen LogP contribution in [0.2, 0.25) is 0 Å². The van der Waals surface area contributed by atoms with E-state index in [2.05, 4.69) is 31.2 Å². The average molecular weight is 345 g/mol. The fourth-order valence-corrected chi connectivity index (χ4v) is 3.58. The number of carbonyl (C=O) groups is 1. The van der Waals surface area contributed by atoms with Gasteiger partial charge in [0.15, 0.2) is 0 Å². The van der Waals surface area contributed by atoms with Gasteiger partial charge in [0.05, 0.1) is 0 Å². The Hall–Kier alpha value is -1.84. The lowest BCUT2D eigenvalue weighted by atomic mass is 9.90. The lowest BCUT2D eigenvalue weighted by Crippen LogP contribution is -2.52. The van der Waals surface area contributed by atoms with Crippen molar-refractivity contribution in [3.63, 3.8) is 0 Å². The Kier molecular flexibility index (Phi) is 5.68. The number of nitrogens with zero attached hydrogens (tertiary/aromatic N) is 1. The van der Waals surface area contributed by atoms with Gasteiger partial charge in [-0.05, 0) is 31.4 Å². The Bertz CT molecular complexity index is 673. The number of benzene rings is 2. The maximum Gasteiger partial charge on any atom is 0.247 e. The second kappa shape index (κ2) is 7.37. The first kappa shape index (κ1) is 18.5. The molecule has 3 nitrogen and oxygen atoms in total. The SMILES string of the molecule is CC1C(c2ccccc2)CCN1C(=O)C(C)(N)c1ccccc1.Cl. The van der Waals surface area contributed by atoms with Gasteiger partial charge in [0, 0.05) is 18.5 Å². The molecule has 24 heavy (non-hydrogen) atoms. The molecule has 2 aromatic rings. The quantitative estimate of drug-likeness (QED) is 0.923. The first-order chi connectivity index (χ1) is 11.0. The summed E-state index contributed by atoms with van der Waals surface area (Å²) in [6, 6.07) is 20.2. The lowest BCUT2D eigenvalue weighted by Gasteiger charge is -2.33. The van der Waals surface area contributed by atoms with Gasteiger partial charge in [-0.1, -0.05) is 60.7 Å². The minimum absolute atomic E-state index is 0. The van der Waals surface area contributed by atoms with E-state index in [1.165, 1.54) is 5.56 Å². The van der Waals surface area contributed by atoms with Gasteiger partial charge in [-0.2, -0.15) is 0 Å². The molecule has 3 rings (SSSR count). The van der Waals surface area contributed by atoms with Gasteiger partial charge in [-0.3, -0.25) is 4.79 Å². The van der Waals surface area contributed by atoms with Crippen LogP contribution in [0, 0.1) is 0 Å². The van der Waals surface area contributed by atoms with Crippen LogP contribution in [0.1, 0.15) is 37.3 Å². The van der Waals surface area contributed by atoms with E-state index in [1.54, 1.807) is 0 Å². The first-order valence-corrected chi connectivity index (χ1v) is 8.22. The van der Waals surface area contributed by atoms with E-state index in [1.807, 2.05) is 48.2 Å². The highest BCUT2D eigenvalue weighted by Crippen LogP contribution is 2.35. The smallest absolute Gasteiger partial charge is 0.247 e. The molecule has 2 aromatic carbocycles. The first-order valence-electron chi connectivity index (χ1n) is 8.22. The largest absolute Gasteiger partial charge is 0.337 e. The molecule has 1 saturated heterocycles. The fraction of sp³-hybridized carbons (Fsp3) is 0.350. The van der Waals surface area contributed by atoms with E-state index in [9.17, 15) is 4.79 Å². The summed E-state index contributed by atoms with van der Waals surface area (Å²) in [7, 11) is 0. The van der Waals surface area contributed by atoms with E-state index < -0.39 is 5.54 Å². The third-order valence-corrected chi connectivity index (χ3v) is 5.06. The van der Waals surface area contributed by atoms with Crippen molar-refractivity contribution in [1.29, 1.82) is 0 Å². The number of hydrogen-bond acceptors (Lipinski definition) is 2. The standard InChI is InChI=1S/C20H24N2O.ClH/c1-15-18(16-9-5-3-6-10-16)13-14-22(15)19(23)20(2,21)17-11-7-4-8-12-17;/h3-12,15,18H,13-14,21H2,1-2H3;1H. The summed E-state index contributed by atoms with van der Waals surface area (Å²) in [5, 5.41) is 0. The van der Waals surface area contributed by atoms with Crippen molar-refractivity contribution in [3.05, 3.63) is 71.8 Å². The summed E-state index contributed by atoms with van der Waals surface area (Å²) in [4.78, 5) is 15.0. The van der Waals surface area contributed by atoms with Crippen molar-refractivity contribution < 1.29 is 4.79 Å². The second-order valence-corrected chi connectivity index (χ2v) is 6.61. The third-order valence-electron chi connectivity index (χ3n) is 5.06. The molecule has 1 aliphatic heterocycles. The number of halogens is 1. The van der Waals surface area contributed by atoms with Crippen LogP contribution in [0.5, 0.6) is 0 Å². The number of amides is 1. The molecular weight excluding hydrogens is 320 g/mol. The minimum atomic E-state index is -0.985. The van der Waals surface area contributed by atoms with Crippen LogP contribution in [-0.2, 0) is 10.3 Å². The number of hydrogen-bond donors (Lipinski definition) is 1. The molecule has 128 valence electrons. The molecule has 0 radical (unpaired) electrons. The Morgan fingerprint density at radius 2 is 1.62 bits per heavy atom. The van der Waals surface area contributed by atoms with Crippen LogP contribution in [0.25, 0.3) is 0 Å².